The van der Waals surface area contributed by atoms with Gasteiger partial charge in [-0.05, 0) is 19.4 Å². The molecule has 23 heavy (non-hydrogen) atoms. The number of aromatic nitrogens is 4. The van der Waals surface area contributed by atoms with Crippen LogP contribution in [0.4, 0.5) is 0 Å². The molecule has 0 fully saturated rings. The van der Waals surface area contributed by atoms with Crippen LogP contribution in [0.1, 0.15) is 42.5 Å². The Bertz CT molecular complexity index is 979. The summed E-state index contributed by atoms with van der Waals surface area (Å²) in [6.45, 7) is 8.21. The van der Waals surface area contributed by atoms with Gasteiger partial charge in [0.1, 0.15) is 10.7 Å². The van der Waals surface area contributed by atoms with Crippen molar-refractivity contribution in [3.05, 3.63) is 26.7 Å². The van der Waals surface area contributed by atoms with E-state index in [0.717, 1.165) is 20.7 Å². The largest absolute Gasteiger partial charge is 0.370 e. The average Bonchev–Trinajstić information content (AvgIpc) is 2.94. The molecule has 0 aromatic carbocycles. The Labute approximate surface area is 136 Å². The summed E-state index contributed by atoms with van der Waals surface area (Å²) in [7, 11) is 0. The topological polar surface area (TPSA) is 95.3 Å². The zero-order chi connectivity index (χ0) is 16.9. The van der Waals surface area contributed by atoms with Gasteiger partial charge in [0.05, 0.1) is 11.9 Å². The van der Waals surface area contributed by atoms with E-state index in [0.29, 0.717) is 11.5 Å². The molecule has 7 nitrogen and oxygen atoms in total. The smallest absolute Gasteiger partial charge is 0.351 e. The lowest BCUT2D eigenvalue weighted by Crippen LogP contribution is -2.26. The van der Waals surface area contributed by atoms with Gasteiger partial charge in [-0.15, -0.1) is 16.4 Å². The van der Waals surface area contributed by atoms with Crippen LogP contribution in [0.5, 0.6) is 0 Å². The van der Waals surface area contributed by atoms with E-state index >= 15 is 0 Å². The molecule has 0 aliphatic carbocycles. The van der Waals surface area contributed by atoms with Crippen molar-refractivity contribution in [3.63, 3.8) is 0 Å². The first-order chi connectivity index (χ1) is 10.8. The number of rotatable bonds is 4. The number of carbonyl (C=O) groups excluding carboxylic acids is 1. The summed E-state index contributed by atoms with van der Waals surface area (Å²) in [5, 5.41) is 5.36. The molecule has 0 unspecified atom stereocenters. The maximum atomic E-state index is 12.7. The summed E-state index contributed by atoms with van der Waals surface area (Å²) in [6, 6.07) is 0. The average molecular weight is 333 g/mol. The van der Waals surface area contributed by atoms with Gasteiger partial charge in [0.2, 0.25) is 5.91 Å². The second kappa shape index (κ2) is 5.45. The number of hydrogen-bond donors (Lipinski definition) is 1. The first-order valence-electron chi connectivity index (χ1n) is 7.48. The highest BCUT2D eigenvalue weighted by Crippen LogP contribution is 2.32. The molecule has 0 saturated heterocycles. The fraction of sp³-hybridized carbons (Fsp3) is 0.467. The van der Waals surface area contributed by atoms with Crippen LogP contribution in [-0.2, 0) is 11.3 Å². The van der Waals surface area contributed by atoms with Crippen molar-refractivity contribution in [2.45, 2.75) is 46.6 Å². The SMILES string of the molecule is Cc1sc2nc(C(C)C)n3c(=O)n(CCC(N)=O)nc3c2c1C. The summed E-state index contributed by atoms with van der Waals surface area (Å²) in [5.74, 6) is 0.309. The van der Waals surface area contributed by atoms with Crippen LogP contribution in [0.15, 0.2) is 4.79 Å². The number of amides is 1. The van der Waals surface area contributed by atoms with Crippen LogP contribution in [0.2, 0.25) is 0 Å². The summed E-state index contributed by atoms with van der Waals surface area (Å²) < 4.78 is 2.87. The molecule has 0 spiro atoms. The minimum absolute atomic E-state index is 0.0797. The van der Waals surface area contributed by atoms with E-state index in [1.807, 2.05) is 27.7 Å². The fourth-order valence-corrected chi connectivity index (χ4v) is 3.66. The lowest BCUT2D eigenvalue weighted by molar-refractivity contribution is -0.118. The summed E-state index contributed by atoms with van der Waals surface area (Å²) in [5.41, 5.74) is 6.60. The highest BCUT2D eigenvalue weighted by Gasteiger charge is 2.21. The Balaban J connectivity index is 2.38. The Kier molecular flexibility index (Phi) is 3.71. The van der Waals surface area contributed by atoms with Crippen molar-refractivity contribution in [2.24, 2.45) is 5.73 Å². The first-order valence-corrected chi connectivity index (χ1v) is 8.30. The molecule has 0 aliphatic rings. The fourth-order valence-electron chi connectivity index (χ4n) is 2.63. The van der Waals surface area contributed by atoms with E-state index < -0.39 is 5.91 Å². The van der Waals surface area contributed by atoms with E-state index in [9.17, 15) is 9.59 Å². The second-order valence-electron chi connectivity index (χ2n) is 5.97. The molecule has 0 saturated carbocycles. The molecule has 3 rings (SSSR count). The Morgan fingerprint density at radius 1 is 1.35 bits per heavy atom. The third kappa shape index (κ3) is 2.42. The Hall–Kier alpha value is -2.22. The lowest BCUT2D eigenvalue weighted by Gasteiger charge is -2.07. The monoisotopic (exact) mass is 333 g/mol. The predicted molar refractivity (Wildman–Crippen MR) is 90.0 cm³/mol. The third-order valence-corrected chi connectivity index (χ3v) is 5.06. The van der Waals surface area contributed by atoms with Crippen molar-refractivity contribution in [1.82, 2.24) is 19.2 Å². The maximum Gasteiger partial charge on any atom is 0.351 e. The lowest BCUT2D eigenvalue weighted by atomic mass is 10.2. The molecule has 2 N–H and O–H groups in total. The summed E-state index contributed by atoms with van der Waals surface area (Å²) in [4.78, 5) is 30.5. The van der Waals surface area contributed by atoms with Crippen LogP contribution in [0.25, 0.3) is 15.9 Å². The van der Waals surface area contributed by atoms with E-state index in [1.165, 1.54) is 4.68 Å². The standard InChI is InChI=1S/C15H19N5O2S/c1-7(2)12-17-14-11(8(3)9(4)23-14)13-18-19(6-5-10(16)21)15(22)20(12)13/h7H,5-6H2,1-4H3,(H2,16,21). The normalized spacial score (nSPS) is 11.9. The van der Waals surface area contributed by atoms with Crippen LogP contribution >= 0.6 is 11.3 Å². The van der Waals surface area contributed by atoms with Crippen LogP contribution in [0.3, 0.4) is 0 Å². The number of hydrogen-bond acceptors (Lipinski definition) is 5. The number of nitrogens with zero attached hydrogens (tertiary/aromatic N) is 4. The van der Waals surface area contributed by atoms with Gasteiger partial charge in [0.25, 0.3) is 0 Å². The Morgan fingerprint density at radius 3 is 2.65 bits per heavy atom. The Morgan fingerprint density at radius 2 is 2.04 bits per heavy atom. The predicted octanol–water partition coefficient (Wildman–Crippen LogP) is 1.72. The molecule has 0 atom stereocenters. The van der Waals surface area contributed by atoms with E-state index in [2.05, 4.69) is 5.10 Å². The minimum Gasteiger partial charge on any atom is -0.370 e. The molecule has 8 heteroatoms. The van der Waals surface area contributed by atoms with Crippen LogP contribution in [-0.4, -0.2) is 25.1 Å². The number of fused-ring (bicyclic) bond motifs is 3. The van der Waals surface area contributed by atoms with Gasteiger partial charge in [0, 0.05) is 17.2 Å². The number of thiophene rings is 1. The number of carbonyl (C=O) groups is 1. The summed E-state index contributed by atoms with van der Waals surface area (Å²) in [6.07, 6.45) is 0.0824. The minimum atomic E-state index is -0.455. The van der Waals surface area contributed by atoms with Gasteiger partial charge in [0.15, 0.2) is 5.65 Å². The molecule has 0 bridgehead atoms. The van der Waals surface area contributed by atoms with Gasteiger partial charge in [-0.1, -0.05) is 13.8 Å². The molecular weight excluding hydrogens is 314 g/mol. The quantitative estimate of drug-likeness (QED) is 0.786. The zero-order valence-electron chi connectivity index (χ0n) is 13.6. The number of primary amides is 1. The van der Waals surface area contributed by atoms with E-state index in [1.54, 1.807) is 15.7 Å². The van der Waals surface area contributed by atoms with Crippen molar-refractivity contribution in [3.8, 4) is 0 Å². The molecule has 3 aromatic rings. The molecule has 1 amide bonds. The second-order valence-corrected chi connectivity index (χ2v) is 7.17. The maximum absolute atomic E-state index is 12.7. The molecule has 3 aromatic heterocycles. The molecule has 3 heterocycles. The highest BCUT2D eigenvalue weighted by molar-refractivity contribution is 7.18. The first kappa shape index (κ1) is 15.7. The van der Waals surface area contributed by atoms with Gasteiger partial charge in [-0.2, -0.15) is 0 Å². The number of aryl methyl sites for hydroxylation is 3. The van der Waals surface area contributed by atoms with Crippen LogP contribution < -0.4 is 11.4 Å². The van der Waals surface area contributed by atoms with Crippen molar-refractivity contribution in [1.29, 1.82) is 0 Å². The molecule has 0 aliphatic heterocycles. The van der Waals surface area contributed by atoms with Gasteiger partial charge < -0.3 is 5.73 Å². The van der Waals surface area contributed by atoms with E-state index in [4.69, 9.17) is 10.7 Å². The van der Waals surface area contributed by atoms with Gasteiger partial charge in [-0.25, -0.2) is 18.9 Å². The third-order valence-electron chi connectivity index (χ3n) is 3.96. The molecule has 0 radical (unpaired) electrons. The van der Waals surface area contributed by atoms with Gasteiger partial charge >= 0.3 is 5.69 Å². The van der Waals surface area contributed by atoms with Gasteiger partial charge in [-0.3, -0.25) is 4.79 Å². The zero-order valence-corrected chi connectivity index (χ0v) is 14.4. The van der Waals surface area contributed by atoms with Crippen molar-refractivity contribution < 1.29 is 4.79 Å². The number of nitrogens with two attached hydrogens (primary N) is 1. The van der Waals surface area contributed by atoms with Crippen molar-refractivity contribution >= 4 is 33.1 Å². The van der Waals surface area contributed by atoms with Crippen molar-refractivity contribution in [2.75, 3.05) is 0 Å². The molecular formula is C15H19N5O2S. The van der Waals surface area contributed by atoms with E-state index in [-0.39, 0.29) is 24.6 Å². The summed E-state index contributed by atoms with van der Waals surface area (Å²) >= 11 is 1.61. The van der Waals surface area contributed by atoms with Crippen LogP contribution in [0, 0.1) is 13.8 Å². The highest BCUT2D eigenvalue weighted by atomic mass is 32.1. The molecule has 122 valence electrons.